The van der Waals surface area contributed by atoms with E-state index in [0.29, 0.717) is 12.1 Å². The van der Waals surface area contributed by atoms with E-state index in [1.165, 1.54) is 5.56 Å². The predicted molar refractivity (Wildman–Crippen MR) is 123 cm³/mol. The van der Waals surface area contributed by atoms with E-state index in [2.05, 4.69) is 53.5 Å². The molecule has 0 unspecified atom stereocenters. The summed E-state index contributed by atoms with van der Waals surface area (Å²) in [6.45, 7) is 6.56. The lowest BCUT2D eigenvalue weighted by Gasteiger charge is -2.23. The molecule has 0 atom stereocenters. The summed E-state index contributed by atoms with van der Waals surface area (Å²) in [7, 11) is 0. The van der Waals surface area contributed by atoms with Crippen LogP contribution in [0.25, 0.3) is 10.9 Å². The number of pyridine rings is 1. The van der Waals surface area contributed by atoms with Crippen LogP contribution in [-0.4, -0.2) is 15.9 Å². The van der Waals surface area contributed by atoms with E-state index in [4.69, 9.17) is 0 Å². The molecule has 2 heterocycles. The van der Waals surface area contributed by atoms with E-state index in [-0.39, 0.29) is 11.3 Å². The second kappa shape index (κ2) is 8.03. The van der Waals surface area contributed by atoms with Crippen LogP contribution in [0.2, 0.25) is 0 Å². The summed E-state index contributed by atoms with van der Waals surface area (Å²) in [5, 5.41) is 7.39. The topological polar surface area (TPSA) is 69.8 Å². The third kappa shape index (κ3) is 4.35. The number of benzene rings is 2. The van der Waals surface area contributed by atoms with Crippen LogP contribution < -0.4 is 10.6 Å². The molecule has 0 saturated heterocycles. The van der Waals surface area contributed by atoms with Crippen molar-refractivity contribution in [3.63, 3.8) is 0 Å². The van der Waals surface area contributed by atoms with Gasteiger partial charge in [-0.2, -0.15) is 0 Å². The number of aromatic amines is 1. The highest BCUT2D eigenvalue weighted by Gasteiger charge is 2.17. The molecule has 0 saturated carbocycles. The summed E-state index contributed by atoms with van der Waals surface area (Å²) in [4.78, 5) is 20.2. The van der Waals surface area contributed by atoms with Gasteiger partial charge < -0.3 is 15.6 Å². The summed E-state index contributed by atoms with van der Waals surface area (Å²) in [5.41, 5.74) is 4.98. The highest BCUT2D eigenvalue weighted by atomic mass is 16.1. The first-order valence-corrected chi connectivity index (χ1v) is 10.1. The number of rotatable bonds is 5. The second-order valence-electron chi connectivity index (χ2n) is 8.44. The highest BCUT2D eigenvalue weighted by molar-refractivity contribution is 5.95. The third-order valence-corrected chi connectivity index (χ3v) is 5.07. The molecule has 0 bridgehead atoms. The van der Waals surface area contributed by atoms with Crippen molar-refractivity contribution < 1.29 is 4.79 Å². The number of para-hydroxylation sites is 2. The van der Waals surface area contributed by atoms with Crippen molar-refractivity contribution in [2.75, 3.05) is 10.6 Å². The van der Waals surface area contributed by atoms with E-state index in [9.17, 15) is 4.79 Å². The molecule has 30 heavy (non-hydrogen) atoms. The number of nitrogens with zero attached hydrogens (tertiary/aromatic N) is 1. The number of carbonyl (C=O) groups excluding carboxylic acids is 1. The van der Waals surface area contributed by atoms with Crippen molar-refractivity contribution in [1.82, 2.24) is 9.97 Å². The molecule has 5 heteroatoms. The van der Waals surface area contributed by atoms with E-state index in [1.54, 1.807) is 6.20 Å². The molecule has 2 aromatic heterocycles. The van der Waals surface area contributed by atoms with Gasteiger partial charge in [0.05, 0.1) is 18.3 Å². The average molecular weight is 399 g/mol. The van der Waals surface area contributed by atoms with Crippen LogP contribution >= 0.6 is 0 Å². The molecule has 5 nitrogen and oxygen atoms in total. The number of hydrogen-bond acceptors (Lipinski definition) is 3. The summed E-state index contributed by atoms with van der Waals surface area (Å²) < 4.78 is 0. The first-order chi connectivity index (χ1) is 14.4. The molecule has 0 spiro atoms. The van der Waals surface area contributed by atoms with Gasteiger partial charge in [-0.25, -0.2) is 4.98 Å². The molecule has 4 rings (SSSR count). The predicted octanol–water partition coefficient (Wildman–Crippen LogP) is 5.79. The number of anilines is 3. The van der Waals surface area contributed by atoms with Gasteiger partial charge in [0.1, 0.15) is 5.82 Å². The maximum Gasteiger partial charge on any atom is 0.228 e. The van der Waals surface area contributed by atoms with Gasteiger partial charge in [-0.1, -0.05) is 57.2 Å². The molecule has 0 aliphatic heterocycles. The lowest BCUT2D eigenvalue weighted by molar-refractivity contribution is -0.115. The zero-order valence-electron chi connectivity index (χ0n) is 17.5. The van der Waals surface area contributed by atoms with Crippen molar-refractivity contribution in [2.45, 2.75) is 32.6 Å². The zero-order valence-corrected chi connectivity index (χ0v) is 17.5. The molecule has 1 amide bonds. The SMILES string of the molecule is CC(C)(C)c1ccccc1Nc1ccc(NC(=O)Cc2c[nH]c3ccccc23)cn1. The summed E-state index contributed by atoms with van der Waals surface area (Å²) in [6, 6.07) is 20.0. The third-order valence-electron chi connectivity index (χ3n) is 5.07. The van der Waals surface area contributed by atoms with Gasteiger partial charge in [-0.15, -0.1) is 0 Å². The fourth-order valence-electron chi connectivity index (χ4n) is 3.58. The maximum atomic E-state index is 12.5. The first-order valence-electron chi connectivity index (χ1n) is 10.1. The molecular formula is C25H26N4O. The van der Waals surface area contributed by atoms with Crippen LogP contribution in [-0.2, 0) is 16.6 Å². The normalized spacial score (nSPS) is 11.4. The van der Waals surface area contributed by atoms with E-state index in [1.807, 2.05) is 54.7 Å². The molecule has 0 radical (unpaired) electrons. The van der Waals surface area contributed by atoms with Crippen molar-refractivity contribution in [1.29, 1.82) is 0 Å². The smallest absolute Gasteiger partial charge is 0.228 e. The maximum absolute atomic E-state index is 12.5. The largest absolute Gasteiger partial charge is 0.361 e. The Balaban J connectivity index is 1.42. The van der Waals surface area contributed by atoms with Crippen LogP contribution in [0.3, 0.4) is 0 Å². The van der Waals surface area contributed by atoms with Crippen LogP contribution in [0.1, 0.15) is 31.9 Å². The Morgan fingerprint density at radius 3 is 2.53 bits per heavy atom. The molecule has 0 fully saturated rings. The first kappa shape index (κ1) is 19.7. The number of nitrogens with one attached hydrogen (secondary N) is 3. The van der Waals surface area contributed by atoms with Crippen LogP contribution in [0.5, 0.6) is 0 Å². The fraction of sp³-hybridized carbons (Fsp3) is 0.200. The minimum absolute atomic E-state index is 0.0277. The standard InChI is InChI=1S/C25H26N4O/c1-25(2,3)20-9-5-7-11-22(20)29-23-13-12-18(16-27-23)28-24(30)14-17-15-26-21-10-6-4-8-19(17)21/h4-13,15-16,26H,14H2,1-3H3,(H,27,29)(H,28,30). The summed E-state index contributed by atoms with van der Waals surface area (Å²) in [5.74, 6) is 0.668. The van der Waals surface area contributed by atoms with Gasteiger partial charge >= 0.3 is 0 Å². The lowest BCUT2D eigenvalue weighted by Crippen LogP contribution is -2.15. The second-order valence-corrected chi connectivity index (χ2v) is 8.44. The Labute approximate surface area is 176 Å². The number of H-pyrrole nitrogens is 1. The summed E-state index contributed by atoms with van der Waals surface area (Å²) >= 11 is 0. The minimum Gasteiger partial charge on any atom is -0.361 e. The van der Waals surface area contributed by atoms with Gasteiger partial charge in [0.25, 0.3) is 0 Å². The van der Waals surface area contributed by atoms with Crippen LogP contribution in [0.15, 0.2) is 73.1 Å². The number of aromatic nitrogens is 2. The van der Waals surface area contributed by atoms with Crippen molar-refractivity contribution >= 4 is 34.0 Å². The van der Waals surface area contributed by atoms with Gasteiger partial charge in [0, 0.05) is 22.8 Å². The van der Waals surface area contributed by atoms with Crippen molar-refractivity contribution in [2.24, 2.45) is 0 Å². The Morgan fingerprint density at radius 1 is 1.00 bits per heavy atom. The Hall–Kier alpha value is -3.60. The molecule has 3 N–H and O–H groups in total. The van der Waals surface area contributed by atoms with Crippen molar-refractivity contribution in [3.05, 3.63) is 84.2 Å². The van der Waals surface area contributed by atoms with E-state index in [0.717, 1.165) is 28.0 Å². The van der Waals surface area contributed by atoms with E-state index < -0.39 is 0 Å². The van der Waals surface area contributed by atoms with Gasteiger partial charge in [-0.05, 0) is 40.8 Å². The quantitative estimate of drug-likeness (QED) is 0.399. The van der Waals surface area contributed by atoms with Crippen molar-refractivity contribution in [3.8, 4) is 0 Å². The Bertz CT molecular complexity index is 1170. The Kier molecular flexibility index (Phi) is 5.27. The fourth-order valence-corrected chi connectivity index (χ4v) is 3.58. The summed E-state index contributed by atoms with van der Waals surface area (Å²) in [6.07, 6.45) is 3.88. The van der Waals surface area contributed by atoms with E-state index >= 15 is 0 Å². The lowest BCUT2D eigenvalue weighted by atomic mass is 9.86. The number of fused-ring (bicyclic) bond motifs is 1. The highest BCUT2D eigenvalue weighted by Crippen LogP contribution is 2.31. The van der Waals surface area contributed by atoms with Gasteiger partial charge in [-0.3, -0.25) is 4.79 Å². The molecule has 0 aliphatic rings. The van der Waals surface area contributed by atoms with Crippen LogP contribution in [0.4, 0.5) is 17.2 Å². The zero-order chi connectivity index (χ0) is 21.1. The number of hydrogen-bond donors (Lipinski definition) is 3. The average Bonchev–Trinajstić information content (AvgIpc) is 3.12. The molecule has 0 aliphatic carbocycles. The molecule has 152 valence electrons. The molecule has 4 aromatic rings. The molecular weight excluding hydrogens is 372 g/mol. The number of carbonyl (C=O) groups is 1. The van der Waals surface area contributed by atoms with Gasteiger partial charge in [0.15, 0.2) is 0 Å². The van der Waals surface area contributed by atoms with Crippen LogP contribution in [0, 0.1) is 0 Å². The molecule has 2 aromatic carbocycles. The number of amides is 1. The van der Waals surface area contributed by atoms with Gasteiger partial charge in [0.2, 0.25) is 5.91 Å². The monoisotopic (exact) mass is 398 g/mol. The minimum atomic E-state index is -0.0691. The Morgan fingerprint density at radius 2 is 1.77 bits per heavy atom.